The molecule has 0 amide bonds. The third kappa shape index (κ3) is 2.67. The Labute approximate surface area is 109 Å². The second-order valence-corrected chi connectivity index (χ2v) is 5.54. The number of carboxylic acids is 1. The van der Waals surface area contributed by atoms with Gasteiger partial charge >= 0.3 is 11.9 Å². The van der Waals surface area contributed by atoms with E-state index in [-0.39, 0.29) is 5.25 Å². The highest BCUT2D eigenvalue weighted by Gasteiger charge is 2.33. The number of carboxylic acid groups (broad SMARTS) is 1. The predicted octanol–water partition coefficient (Wildman–Crippen LogP) is 1.97. The molecule has 0 radical (unpaired) electrons. The molecule has 1 heterocycles. The van der Waals surface area contributed by atoms with Gasteiger partial charge in [0.15, 0.2) is 5.92 Å². The van der Waals surface area contributed by atoms with Crippen LogP contribution in [0.15, 0.2) is 29.2 Å². The van der Waals surface area contributed by atoms with Crippen molar-refractivity contribution >= 4 is 23.7 Å². The first-order chi connectivity index (χ1) is 8.61. The van der Waals surface area contributed by atoms with E-state index in [2.05, 4.69) is 4.74 Å². The molecule has 0 saturated heterocycles. The number of thioether (sulfide) groups is 1. The van der Waals surface area contributed by atoms with Gasteiger partial charge in [0.2, 0.25) is 0 Å². The van der Waals surface area contributed by atoms with Gasteiger partial charge in [-0.2, -0.15) is 0 Å². The van der Waals surface area contributed by atoms with Gasteiger partial charge in [-0.1, -0.05) is 18.2 Å². The van der Waals surface area contributed by atoms with Crippen LogP contribution in [0.1, 0.15) is 12.0 Å². The Kier molecular flexibility index (Phi) is 3.91. The van der Waals surface area contributed by atoms with Crippen molar-refractivity contribution in [2.75, 3.05) is 7.11 Å². The molecule has 0 fully saturated rings. The van der Waals surface area contributed by atoms with Crippen LogP contribution in [0.3, 0.4) is 0 Å². The van der Waals surface area contributed by atoms with Crippen molar-refractivity contribution in [1.82, 2.24) is 0 Å². The first-order valence-corrected chi connectivity index (χ1v) is 6.55. The fraction of sp³-hybridized carbons (Fsp3) is 0.385. The van der Waals surface area contributed by atoms with Crippen molar-refractivity contribution in [3.8, 4) is 0 Å². The minimum atomic E-state index is -1.11. The van der Waals surface area contributed by atoms with Crippen LogP contribution < -0.4 is 0 Å². The summed E-state index contributed by atoms with van der Waals surface area (Å²) in [5.41, 5.74) is 1.22. The second-order valence-electron chi connectivity index (χ2n) is 4.20. The molecule has 2 rings (SSSR count). The van der Waals surface area contributed by atoms with Gasteiger partial charge in [0.25, 0.3) is 0 Å². The number of rotatable bonds is 4. The van der Waals surface area contributed by atoms with Crippen molar-refractivity contribution in [2.45, 2.75) is 23.0 Å². The first kappa shape index (κ1) is 13.0. The van der Waals surface area contributed by atoms with Gasteiger partial charge in [-0.15, -0.1) is 11.8 Å². The van der Waals surface area contributed by atoms with E-state index in [1.807, 2.05) is 24.3 Å². The van der Waals surface area contributed by atoms with Crippen LogP contribution >= 0.6 is 11.8 Å². The largest absolute Gasteiger partial charge is 0.481 e. The lowest BCUT2D eigenvalue weighted by atomic mass is 9.99. The Morgan fingerprint density at radius 1 is 1.50 bits per heavy atom. The summed E-state index contributed by atoms with van der Waals surface area (Å²) < 4.78 is 4.53. The van der Waals surface area contributed by atoms with E-state index in [0.29, 0.717) is 6.42 Å². The first-order valence-electron chi connectivity index (χ1n) is 5.67. The van der Waals surface area contributed by atoms with Gasteiger partial charge in [-0.25, -0.2) is 0 Å². The monoisotopic (exact) mass is 266 g/mol. The zero-order chi connectivity index (χ0) is 13.1. The maximum atomic E-state index is 11.4. The predicted molar refractivity (Wildman–Crippen MR) is 67.5 cm³/mol. The third-order valence-electron chi connectivity index (χ3n) is 3.00. The third-order valence-corrected chi connectivity index (χ3v) is 4.34. The number of hydrogen-bond donors (Lipinski definition) is 1. The number of aliphatic carboxylic acids is 1. The summed E-state index contributed by atoms with van der Waals surface area (Å²) in [7, 11) is 1.22. The maximum Gasteiger partial charge on any atom is 0.320 e. The standard InChI is InChI=1S/C13H14O4S/c1-17-13(16)10(12(14)15)7-9-6-8-4-2-3-5-11(8)18-9/h2-5,9-10H,6-7H2,1H3,(H,14,15). The molecule has 5 heteroatoms. The summed E-state index contributed by atoms with van der Waals surface area (Å²) in [6.07, 6.45) is 1.11. The van der Waals surface area contributed by atoms with Crippen LogP contribution in [0.5, 0.6) is 0 Å². The molecule has 0 saturated carbocycles. The van der Waals surface area contributed by atoms with Crippen LogP contribution in [0, 0.1) is 5.92 Å². The molecule has 1 N–H and O–H groups in total. The van der Waals surface area contributed by atoms with E-state index in [0.717, 1.165) is 6.42 Å². The van der Waals surface area contributed by atoms with Crippen molar-refractivity contribution < 1.29 is 19.4 Å². The Morgan fingerprint density at radius 2 is 2.22 bits per heavy atom. The molecule has 2 atom stereocenters. The van der Waals surface area contributed by atoms with Gasteiger partial charge in [-0.3, -0.25) is 9.59 Å². The highest BCUT2D eigenvalue weighted by atomic mass is 32.2. The zero-order valence-electron chi connectivity index (χ0n) is 9.96. The summed E-state index contributed by atoms with van der Waals surface area (Å²) in [4.78, 5) is 23.6. The number of hydrogen-bond acceptors (Lipinski definition) is 4. The minimum absolute atomic E-state index is 0.127. The quantitative estimate of drug-likeness (QED) is 0.666. The lowest BCUT2D eigenvalue weighted by molar-refractivity contribution is -0.157. The molecule has 96 valence electrons. The van der Waals surface area contributed by atoms with Crippen LogP contribution in [-0.2, 0) is 20.7 Å². The number of carbonyl (C=O) groups excluding carboxylic acids is 1. The molecular formula is C13H14O4S. The number of benzene rings is 1. The summed E-state index contributed by atoms with van der Waals surface area (Å²) in [6.45, 7) is 0. The van der Waals surface area contributed by atoms with Gasteiger partial charge in [0, 0.05) is 10.1 Å². The van der Waals surface area contributed by atoms with Crippen LogP contribution in [0.4, 0.5) is 0 Å². The Bertz CT molecular complexity index is 447. The Balaban J connectivity index is 2.03. The highest BCUT2D eigenvalue weighted by molar-refractivity contribution is 8.00. The minimum Gasteiger partial charge on any atom is -0.481 e. The van der Waals surface area contributed by atoms with E-state index in [9.17, 15) is 9.59 Å². The molecule has 1 aliphatic rings. The molecule has 0 aromatic heterocycles. The molecule has 0 aliphatic carbocycles. The normalized spacial score (nSPS) is 19.1. The average Bonchev–Trinajstić information content (AvgIpc) is 2.77. The molecule has 1 aromatic rings. The van der Waals surface area contributed by atoms with E-state index in [4.69, 9.17) is 5.11 Å². The summed E-state index contributed by atoms with van der Waals surface area (Å²) in [5.74, 6) is -2.85. The van der Waals surface area contributed by atoms with E-state index >= 15 is 0 Å². The van der Waals surface area contributed by atoms with Crippen molar-refractivity contribution in [3.63, 3.8) is 0 Å². The molecule has 1 aromatic carbocycles. The molecule has 4 nitrogen and oxygen atoms in total. The number of ether oxygens (including phenoxy) is 1. The van der Waals surface area contributed by atoms with Crippen molar-refractivity contribution in [1.29, 1.82) is 0 Å². The summed E-state index contributed by atoms with van der Waals surface area (Å²) in [5, 5.41) is 9.17. The van der Waals surface area contributed by atoms with Crippen LogP contribution in [-0.4, -0.2) is 29.4 Å². The number of fused-ring (bicyclic) bond motifs is 1. The second kappa shape index (κ2) is 5.44. The van der Waals surface area contributed by atoms with Gasteiger partial charge < -0.3 is 9.84 Å². The SMILES string of the molecule is COC(=O)C(CC1Cc2ccccc2S1)C(=O)O. The fourth-order valence-corrected chi connectivity index (χ4v) is 3.46. The molecule has 0 bridgehead atoms. The number of carbonyl (C=O) groups is 2. The van der Waals surface area contributed by atoms with Gasteiger partial charge in [-0.05, 0) is 24.5 Å². The van der Waals surface area contributed by atoms with Crippen molar-refractivity contribution in [2.24, 2.45) is 5.92 Å². The van der Waals surface area contributed by atoms with Gasteiger partial charge in [0.1, 0.15) is 0 Å². The lowest BCUT2D eigenvalue weighted by Gasteiger charge is -2.13. The van der Waals surface area contributed by atoms with Crippen LogP contribution in [0.25, 0.3) is 0 Å². The Hall–Kier alpha value is -1.49. The topological polar surface area (TPSA) is 63.6 Å². The fourth-order valence-electron chi connectivity index (χ4n) is 2.09. The lowest BCUT2D eigenvalue weighted by Crippen LogP contribution is -2.28. The van der Waals surface area contributed by atoms with E-state index in [1.54, 1.807) is 11.8 Å². The summed E-state index contributed by atoms with van der Waals surface area (Å²) >= 11 is 1.64. The number of methoxy groups -OCH3 is 1. The van der Waals surface area contributed by atoms with Gasteiger partial charge in [0.05, 0.1) is 7.11 Å². The molecule has 0 spiro atoms. The molecular weight excluding hydrogens is 252 g/mol. The molecule has 2 unspecified atom stereocenters. The summed E-state index contributed by atoms with van der Waals surface area (Å²) in [6, 6.07) is 7.99. The smallest absolute Gasteiger partial charge is 0.320 e. The maximum absolute atomic E-state index is 11.4. The highest BCUT2D eigenvalue weighted by Crippen LogP contribution is 2.39. The Morgan fingerprint density at radius 3 is 2.83 bits per heavy atom. The van der Waals surface area contributed by atoms with Crippen LogP contribution in [0.2, 0.25) is 0 Å². The van der Waals surface area contributed by atoms with E-state index < -0.39 is 17.9 Å². The average molecular weight is 266 g/mol. The zero-order valence-corrected chi connectivity index (χ0v) is 10.8. The van der Waals surface area contributed by atoms with E-state index in [1.165, 1.54) is 17.6 Å². The number of esters is 1. The molecule has 1 aliphatic heterocycles. The van der Waals surface area contributed by atoms with Crippen molar-refractivity contribution in [3.05, 3.63) is 29.8 Å². The molecule has 18 heavy (non-hydrogen) atoms.